The zero-order valence-corrected chi connectivity index (χ0v) is 11.6. The van der Waals surface area contributed by atoms with Crippen LogP contribution in [0.2, 0.25) is 0 Å². The first-order valence-corrected chi connectivity index (χ1v) is 6.46. The minimum absolute atomic E-state index is 0.00550. The standard InChI is InChI=1S/C15H20O4/c1-4-18-14(15(17)19-5-2)10-12-7-6-8-13(9-12)11(3)16/h6-9,14H,4-5,10H2,1-3H3. The molecule has 1 aromatic rings. The largest absolute Gasteiger partial charge is 0.464 e. The number of carbonyl (C=O) groups is 2. The van der Waals surface area contributed by atoms with Crippen LogP contribution in [0, 0.1) is 0 Å². The normalized spacial score (nSPS) is 11.9. The molecule has 1 unspecified atom stereocenters. The fourth-order valence-corrected chi connectivity index (χ4v) is 1.78. The molecule has 0 saturated heterocycles. The predicted molar refractivity (Wildman–Crippen MR) is 72.2 cm³/mol. The van der Waals surface area contributed by atoms with Gasteiger partial charge in [0.1, 0.15) is 0 Å². The topological polar surface area (TPSA) is 52.6 Å². The third-order valence-corrected chi connectivity index (χ3v) is 2.67. The van der Waals surface area contributed by atoms with Crippen LogP contribution in [-0.2, 0) is 20.7 Å². The average molecular weight is 264 g/mol. The maximum absolute atomic E-state index is 11.7. The fraction of sp³-hybridized carbons (Fsp3) is 0.467. The van der Waals surface area contributed by atoms with Gasteiger partial charge in [-0.25, -0.2) is 4.79 Å². The molecule has 19 heavy (non-hydrogen) atoms. The molecule has 1 rings (SSSR count). The van der Waals surface area contributed by atoms with Gasteiger partial charge in [0.15, 0.2) is 11.9 Å². The second-order valence-corrected chi connectivity index (χ2v) is 4.16. The number of benzene rings is 1. The first-order chi connectivity index (χ1) is 9.08. The van der Waals surface area contributed by atoms with Gasteiger partial charge in [0.05, 0.1) is 6.61 Å². The number of carbonyl (C=O) groups excluding carboxylic acids is 2. The zero-order chi connectivity index (χ0) is 14.3. The van der Waals surface area contributed by atoms with Crippen molar-refractivity contribution in [2.45, 2.75) is 33.3 Å². The van der Waals surface area contributed by atoms with Gasteiger partial charge in [-0.05, 0) is 32.4 Å². The van der Waals surface area contributed by atoms with Gasteiger partial charge in [-0.15, -0.1) is 0 Å². The Morgan fingerprint density at radius 2 is 1.95 bits per heavy atom. The van der Waals surface area contributed by atoms with Crippen molar-refractivity contribution in [3.05, 3.63) is 35.4 Å². The van der Waals surface area contributed by atoms with Crippen LogP contribution in [0.1, 0.15) is 36.7 Å². The molecule has 0 N–H and O–H groups in total. The monoisotopic (exact) mass is 264 g/mol. The molecule has 4 nitrogen and oxygen atoms in total. The van der Waals surface area contributed by atoms with E-state index in [0.29, 0.717) is 25.2 Å². The van der Waals surface area contributed by atoms with Crippen molar-refractivity contribution >= 4 is 11.8 Å². The lowest BCUT2D eigenvalue weighted by molar-refractivity contribution is -0.156. The lowest BCUT2D eigenvalue weighted by Gasteiger charge is -2.15. The molecule has 0 aromatic heterocycles. The van der Waals surface area contributed by atoms with E-state index in [2.05, 4.69) is 0 Å². The molecule has 0 aliphatic heterocycles. The Labute approximate surface area is 113 Å². The summed E-state index contributed by atoms with van der Waals surface area (Å²) in [6.07, 6.45) is -0.208. The Hall–Kier alpha value is -1.68. The summed E-state index contributed by atoms with van der Waals surface area (Å²) < 4.78 is 10.4. The minimum atomic E-state index is -0.618. The van der Waals surface area contributed by atoms with Gasteiger partial charge in [-0.2, -0.15) is 0 Å². The third kappa shape index (κ3) is 4.83. The van der Waals surface area contributed by atoms with E-state index in [-0.39, 0.29) is 11.8 Å². The van der Waals surface area contributed by atoms with E-state index in [1.54, 1.807) is 25.1 Å². The fourth-order valence-electron chi connectivity index (χ4n) is 1.78. The summed E-state index contributed by atoms with van der Waals surface area (Å²) in [4.78, 5) is 23.1. The van der Waals surface area contributed by atoms with Gasteiger partial charge in [-0.1, -0.05) is 18.2 Å². The van der Waals surface area contributed by atoms with Crippen LogP contribution in [0.5, 0.6) is 0 Å². The van der Waals surface area contributed by atoms with Gasteiger partial charge in [0, 0.05) is 18.6 Å². The number of ether oxygens (including phenoxy) is 2. The highest BCUT2D eigenvalue weighted by Crippen LogP contribution is 2.11. The molecule has 0 saturated carbocycles. The van der Waals surface area contributed by atoms with Gasteiger partial charge >= 0.3 is 5.97 Å². The summed E-state index contributed by atoms with van der Waals surface area (Å²) in [5, 5.41) is 0. The average Bonchev–Trinajstić information content (AvgIpc) is 2.39. The Morgan fingerprint density at radius 1 is 1.21 bits per heavy atom. The van der Waals surface area contributed by atoms with Crippen LogP contribution in [0.25, 0.3) is 0 Å². The van der Waals surface area contributed by atoms with E-state index >= 15 is 0 Å². The quantitative estimate of drug-likeness (QED) is 0.560. The number of hydrogen-bond donors (Lipinski definition) is 0. The molecular formula is C15H20O4. The number of rotatable bonds is 7. The van der Waals surface area contributed by atoms with E-state index in [1.165, 1.54) is 6.92 Å². The van der Waals surface area contributed by atoms with Crippen LogP contribution < -0.4 is 0 Å². The molecule has 0 aliphatic rings. The van der Waals surface area contributed by atoms with Crippen LogP contribution in [0.15, 0.2) is 24.3 Å². The number of Topliss-reactive ketones (excluding diaryl/α,β-unsaturated/α-hetero) is 1. The van der Waals surface area contributed by atoms with Crippen molar-refractivity contribution < 1.29 is 19.1 Å². The SMILES string of the molecule is CCOC(=O)C(Cc1cccc(C(C)=O)c1)OCC. The Balaban J connectivity index is 2.81. The smallest absolute Gasteiger partial charge is 0.335 e. The summed E-state index contributed by atoms with van der Waals surface area (Å²) >= 11 is 0. The second kappa shape index (κ2) is 7.69. The molecular weight excluding hydrogens is 244 g/mol. The molecule has 1 atom stereocenters. The maximum atomic E-state index is 11.7. The van der Waals surface area contributed by atoms with Gasteiger partial charge in [-0.3, -0.25) is 4.79 Å². The van der Waals surface area contributed by atoms with Crippen LogP contribution in [0.4, 0.5) is 0 Å². The Morgan fingerprint density at radius 3 is 2.53 bits per heavy atom. The first kappa shape index (κ1) is 15.4. The Bertz CT molecular complexity index is 440. The Kier molecular flexibility index (Phi) is 6.22. The summed E-state index contributed by atoms with van der Waals surface area (Å²) in [6, 6.07) is 7.22. The highest BCUT2D eigenvalue weighted by Gasteiger charge is 2.20. The van der Waals surface area contributed by atoms with Crippen molar-refractivity contribution in [2.24, 2.45) is 0 Å². The lowest BCUT2D eigenvalue weighted by Crippen LogP contribution is -2.29. The van der Waals surface area contributed by atoms with E-state index in [1.807, 2.05) is 13.0 Å². The van der Waals surface area contributed by atoms with E-state index < -0.39 is 6.10 Å². The highest BCUT2D eigenvalue weighted by atomic mass is 16.6. The van der Waals surface area contributed by atoms with Gasteiger partial charge in [0.2, 0.25) is 0 Å². The van der Waals surface area contributed by atoms with E-state index in [9.17, 15) is 9.59 Å². The van der Waals surface area contributed by atoms with Crippen LogP contribution >= 0.6 is 0 Å². The number of hydrogen-bond acceptors (Lipinski definition) is 4. The number of ketones is 1. The molecule has 1 aromatic carbocycles. The molecule has 4 heteroatoms. The summed E-state index contributed by atoms with van der Waals surface area (Å²) in [5.74, 6) is -0.358. The van der Waals surface area contributed by atoms with Gasteiger partial charge in [0.25, 0.3) is 0 Å². The summed E-state index contributed by atoms with van der Waals surface area (Å²) in [7, 11) is 0. The summed E-state index contributed by atoms with van der Waals surface area (Å²) in [6.45, 7) is 5.88. The van der Waals surface area contributed by atoms with Crippen molar-refractivity contribution in [1.82, 2.24) is 0 Å². The van der Waals surface area contributed by atoms with Crippen molar-refractivity contribution in [2.75, 3.05) is 13.2 Å². The molecule has 0 bridgehead atoms. The minimum Gasteiger partial charge on any atom is -0.464 e. The third-order valence-electron chi connectivity index (χ3n) is 2.67. The molecule has 0 aliphatic carbocycles. The maximum Gasteiger partial charge on any atom is 0.335 e. The number of esters is 1. The molecule has 0 fully saturated rings. The van der Waals surface area contributed by atoms with Crippen molar-refractivity contribution in [3.8, 4) is 0 Å². The van der Waals surface area contributed by atoms with E-state index in [0.717, 1.165) is 5.56 Å². The van der Waals surface area contributed by atoms with Crippen LogP contribution in [-0.4, -0.2) is 31.1 Å². The van der Waals surface area contributed by atoms with Gasteiger partial charge < -0.3 is 9.47 Å². The predicted octanol–water partition coefficient (Wildman–Crippen LogP) is 2.40. The molecule has 0 amide bonds. The first-order valence-electron chi connectivity index (χ1n) is 6.46. The molecule has 0 spiro atoms. The van der Waals surface area contributed by atoms with Crippen molar-refractivity contribution in [3.63, 3.8) is 0 Å². The van der Waals surface area contributed by atoms with E-state index in [4.69, 9.17) is 9.47 Å². The van der Waals surface area contributed by atoms with Crippen LogP contribution in [0.3, 0.4) is 0 Å². The zero-order valence-electron chi connectivity index (χ0n) is 11.6. The molecule has 0 radical (unpaired) electrons. The highest BCUT2D eigenvalue weighted by molar-refractivity contribution is 5.94. The molecule has 104 valence electrons. The second-order valence-electron chi connectivity index (χ2n) is 4.16. The lowest BCUT2D eigenvalue weighted by atomic mass is 10.0. The summed E-state index contributed by atoms with van der Waals surface area (Å²) in [5.41, 5.74) is 1.52. The van der Waals surface area contributed by atoms with Crippen molar-refractivity contribution in [1.29, 1.82) is 0 Å². The molecule has 0 heterocycles.